The van der Waals surface area contributed by atoms with Crippen molar-refractivity contribution in [1.82, 2.24) is 4.98 Å². The van der Waals surface area contributed by atoms with E-state index in [1.165, 1.54) is 12.1 Å². The molecule has 0 amide bonds. The number of halogens is 2. The Hall–Kier alpha value is -2.14. The first-order valence-electron chi connectivity index (χ1n) is 5.82. The number of carboxylic acid groups (broad SMARTS) is 1. The van der Waals surface area contributed by atoms with Crippen LogP contribution in [-0.2, 0) is 0 Å². The normalized spacial score (nSPS) is 10.4. The molecule has 20 heavy (non-hydrogen) atoms. The molecule has 2 N–H and O–H groups in total. The number of nitrogens with one attached hydrogen (secondary N) is 1. The first-order valence-corrected chi connectivity index (χ1v) is 6.20. The van der Waals surface area contributed by atoms with Crippen LogP contribution in [0.1, 0.15) is 21.6 Å². The topological polar surface area (TPSA) is 62.2 Å². The van der Waals surface area contributed by atoms with Crippen LogP contribution in [0.15, 0.2) is 24.3 Å². The van der Waals surface area contributed by atoms with E-state index >= 15 is 0 Å². The molecule has 2 aromatic rings. The summed E-state index contributed by atoms with van der Waals surface area (Å²) >= 11 is 5.91. The van der Waals surface area contributed by atoms with Gasteiger partial charge in [-0.2, -0.15) is 0 Å². The summed E-state index contributed by atoms with van der Waals surface area (Å²) in [6.45, 7) is 3.45. The lowest BCUT2D eigenvalue weighted by Crippen LogP contribution is -2.08. The Labute approximate surface area is 120 Å². The first kappa shape index (κ1) is 14.3. The average Bonchev–Trinajstić information content (AvgIpc) is 2.31. The Balaban J connectivity index is 2.50. The largest absolute Gasteiger partial charge is 0.478 e. The van der Waals surface area contributed by atoms with Crippen molar-refractivity contribution in [3.8, 4) is 0 Å². The van der Waals surface area contributed by atoms with Crippen LogP contribution in [0.25, 0.3) is 0 Å². The Bertz CT molecular complexity index is 689. The zero-order valence-corrected chi connectivity index (χ0v) is 11.6. The summed E-state index contributed by atoms with van der Waals surface area (Å²) in [7, 11) is 0. The van der Waals surface area contributed by atoms with Gasteiger partial charge in [0.1, 0.15) is 17.2 Å². The highest BCUT2D eigenvalue weighted by atomic mass is 35.5. The number of hydrogen-bond donors (Lipinski definition) is 2. The molecule has 0 saturated carbocycles. The van der Waals surface area contributed by atoms with Crippen molar-refractivity contribution < 1.29 is 14.3 Å². The van der Waals surface area contributed by atoms with Crippen LogP contribution < -0.4 is 5.32 Å². The zero-order chi connectivity index (χ0) is 14.9. The van der Waals surface area contributed by atoms with Crippen molar-refractivity contribution >= 4 is 29.1 Å². The number of anilines is 2. The van der Waals surface area contributed by atoms with Crippen molar-refractivity contribution in [3.05, 3.63) is 51.9 Å². The molecule has 0 aliphatic carbocycles. The smallest absolute Gasteiger partial charge is 0.339 e. The fraction of sp³-hybridized carbons (Fsp3) is 0.143. The summed E-state index contributed by atoms with van der Waals surface area (Å²) in [5.41, 5.74) is 1.73. The minimum absolute atomic E-state index is 0.0657. The highest BCUT2D eigenvalue weighted by molar-refractivity contribution is 6.33. The van der Waals surface area contributed by atoms with Gasteiger partial charge >= 0.3 is 5.97 Å². The van der Waals surface area contributed by atoms with Gasteiger partial charge in [-0.1, -0.05) is 11.6 Å². The molecule has 0 radical (unpaired) electrons. The predicted molar refractivity (Wildman–Crippen MR) is 75.4 cm³/mol. The van der Waals surface area contributed by atoms with Gasteiger partial charge in [0.25, 0.3) is 0 Å². The Morgan fingerprint density at radius 1 is 1.35 bits per heavy atom. The predicted octanol–water partition coefficient (Wildman–Crippen LogP) is 3.93. The summed E-state index contributed by atoms with van der Waals surface area (Å²) < 4.78 is 13.0. The number of aromatic nitrogens is 1. The lowest BCUT2D eigenvalue weighted by atomic mass is 10.1. The molecular formula is C14H12ClFN2O2. The maximum absolute atomic E-state index is 13.0. The van der Waals surface area contributed by atoms with Crippen LogP contribution in [0.4, 0.5) is 15.9 Å². The van der Waals surface area contributed by atoms with Gasteiger partial charge in [0.2, 0.25) is 0 Å². The molecule has 0 spiro atoms. The van der Waals surface area contributed by atoms with Crippen LogP contribution in [-0.4, -0.2) is 16.1 Å². The van der Waals surface area contributed by atoms with E-state index in [9.17, 15) is 14.3 Å². The summed E-state index contributed by atoms with van der Waals surface area (Å²) in [6.07, 6.45) is 0. The molecule has 0 atom stereocenters. The average molecular weight is 295 g/mol. The summed E-state index contributed by atoms with van der Waals surface area (Å²) in [5, 5.41) is 12.3. The lowest BCUT2D eigenvalue weighted by Gasteiger charge is -2.13. The molecule has 1 aromatic carbocycles. The maximum atomic E-state index is 13.0. The number of nitrogens with zero attached hydrogens (tertiary/aromatic N) is 1. The number of benzene rings is 1. The third-order valence-corrected chi connectivity index (χ3v) is 3.06. The van der Waals surface area contributed by atoms with E-state index in [2.05, 4.69) is 10.3 Å². The Morgan fingerprint density at radius 3 is 2.65 bits per heavy atom. The molecule has 104 valence electrons. The molecule has 2 rings (SSSR count). The van der Waals surface area contributed by atoms with Crippen LogP contribution in [0.3, 0.4) is 0 Å². The molecule has 1 aromatic heterocycles. The first-order chi connectivity index (χ1) is 9.38. The molecule has 0 bridgehead atoms. The summed E-state index contributed by atoms with van der Waals surface area (Å²) in [4.78, 5) is 15.5. The quantitative estimate of drug-likeness (QED) is 0.900. The van der Waals surface area contributed by atoms with Crippen molar-refractivity contribution in [1.29, 1.82) is 0 Å². The molecular weight excluding hydrogens is 283 g/mol. The third kappa shape index (κ3) is 2.88. The van der Waals surface area contributed by atoms with Crippen molar-refractivity contribution in [2.24, 2.45) is 0 Å². The Kier molecular flexibility index (Phi) is 3.90. The van der Waals surface area contributed by atoms with Crippen molar-refractivity contribution in [2.75, 3.05) is 5.32 Å². The van der Waals surface area contributed by atoms with Gasteiger partial charge in [0.05, 0.1) is 10.7 Å². The van der Waals surface area contributed by atoms with Gasteiger partial charge in [-0.05, 0) is 43.7 Å². The third-order valence-electron chi connectivity index (χ3n) is 2.74. The second-order valence-electron chi connectivity index (χ2n) is 4.36. The van der Waals surface area contributed by atoms with E-state index in [0.29, 0.717) is 16.9 Å². The molecule has 0 aliphatic rings. The summed E-state index contributed by atoms with van der Waals surface area (Å²) in [5.74, 6) is -1.37. The van der Waals surface area contributed by atoms with E-state index < -0.39 is 11.8 Å². The number of aryl methyl sites for hydroxylation is 2. The second kappa shape index (κ2) is 5.46. The standard InChI is InChI=1S/C14H12ClFN2O2/c1-7-5-8(2)17-13(12(7)14(19)20)18-11-4-3-9(16)6-10(11)15/h3-6H,1-2H3,(H,17,18)(H,19,20). The van der Waals surface area contributed by atoms with E-state index in [4.69, 9.17) is 11.6 Å². The van der Waals surface area contributed by atoms with Crippen LogP contribution in [0, 0.1) is 19.7 Å². The van der Waals surface area contributed by atoms with Crippen molar-refractivity contribution in [2.45, 2.75) is 13.8 Å². The molecule has 1 heterocycles. The van der Waals surface area contributed by atoms with Gasteiger partial charge in [-0.15, -0.1) is 0 Å². The number of rotatable bonds is 3. The number of carbonyl (C=O) groups is 1. The molecule has 0 aliphatic heterocycles. The van der Waals surface area contributed by atoms with E-state index in [-0.39, 0.29) is 16.4 Å². The van der Waals surface area contributed by atoms with Crippen LogP contribution in [0.5, 0.6) is 0 Å². The van der Waals surface area contributed by atoms with E-state index in [1.54, 1.807) is 19.9 Å². The number of pyridine rings is 1. The SMILES string of the molecule is Cc1cc(C)c(C(=O)O)c(Nc2ccc(F)cc2Cl)n1. The number of hydrogen-bond acceptors (Lipinski definition) is 3. The zero-order valence-electron chi connectivity index (χ0n) is 10.9. The van der Waals surface area contributed by atoms with Crippen LogP contribution >= 0.6 is 11.6 Å². The fourth-order valence-electron chi connectivity index (χ4n) is 1.92. The molecule has 0 saturated heterocycles. The molecule has 0 fully saturated rings. The van der Waals surface area contributed by atoms with Gasteiger partial charge < -0.3 is 10.4 Å². The minimum Gasteiger partial charge on any atom is -0.478 e. The Morgan fingerprint density at radius 2 is 2.05 bits per heavy atom. The molecule has 0 unspecified atom stereocenters. The fourth-order valence-corrected chi connectivity index (χ4v) is 2.13. The number of aromatic carboxylic acids is 1. The van der Waals surface area contributed by atoms with Gasteiger partial charge in [0.15, 0.2) is 0 Å². The second-order valence-corrected chi connectivity index (χ2v) is 4.77. The molecule has 6 heteroatoms. The lowest BCUT2D eigenvalue weighted by molar-refractivity contribution is 0.0697. The maximum Gasteiger partial charge on any atom is 0.339 e. The highest BCUT2D eigenvalue weighted by Crippen LogP contribution is 2.28. The van der Waals surface area contributed by atoms with Crippen LogP contribution in [0.2, 0.25) is 5.02 Å². The monoisotopic (exact) mass is 294 g/mol. The minimum atomic E-state index is -1.09. The summed E-state index contributed by atoms with van der Waals surface area (Å²) in [6, 6.07) is 5.49. The van der Waals surface area contributed by atoms with E-state index in [1.807, 2.05) is 0 Å². The highest BCUT2D eigenvalue weighted by Gasteiger charge is 2.16. The van der Waals surface area contributed by atoms with Crippen molar-refractivity contribution in [3.63, 3.8) is 0 Å². The van der Waals surface area contributed by atoms with Gasteiger partial charge in [-0.25, -0.2) is 14.2 Å². The van der Waals surface area contributed by atoms with Gasteiger partial charge in [0, 0.05) is 5.69 Å². The van der Waals surface area contributed by atoms with E-state index in [0.717, 1.165) is 6.07 Å². The number of carboxylic acids is 1. The van der Waals surface area contributed by atoms with Gasteiger partial charge in [-0.3, -0.25) is 0 Å². The molecule has 4 nitrogen and oxygen atoms in total.